The van der Waals surface area contributed by atoms with Crippen LogP contribution in [0.1, 0.15) is 30.1 Å². The summed E-state index contributed by atoms with van der Waals surface area (Å²) in [4.78, 5) is 23.8. The minimum atomic E-state index is -0.695. The average Bonchev–Trinajstić information content (AvgIpc) is 2.74. The van der Waals surface area contributed by atoms with Gasteiger partial charge in [0.25, 0.3) is 5.91 Å². The van der Waals surface area contributed by atoms with E-state index in [2.05, 4.69) is 0 Å². The molecule has 2 rings (SSSR count). The van der Waals surface area contributed by atoms with Crippen LogP contribution < -0.4 is 0 Å². The lowest BCUT2D eigenvalue weighted by Gasteiger charge is -2.21. The summed E-state index contributed by atoms with van der Waals surface area (Å²) in [6, 6.07) is 4.11. The van der Waals surface area contributed by atoms with Gasteiger partial charge in [0.05, 0.1) is 10.5 Å². The third-order valence-corrected chi connectivity index (χ3v) is 3.26. The molecule has 1 saturated heterocycles. The molecule has 1 aromatic rings. The van der Waals surface area contributed by atoms with Crippen LogP contribution in [0.15, 0.2) is 18.2 Å². The fourth-order valence-electron chi connectivity index (χ4n) is 2.24. The summed E-state index contributed by atoms with van der Waals surface area (Å²) < 4.78 is 0. The molecule has 0 saturated carbocycles. The van der Waals surface area contributed by atoms with Gasteiger partial charge in [0, 0.05) is 18.7 Å². The second-order valence-electron chi connectivity index (χ2n) is 4.42. The number of likely N-dealkylation sites (tertiary alicyclic amines) is 1. The van der Waals surface area contributed by atoms with E-state index in [1.807, 2.05) is 6.92 Å². The Labute approximate surface area is 104 Å². The molecule has 1 aromatic carbocycles. The highest BCUT2D eigenvalue weighted by atomic mass is 16.6. The van der Waals surface area contributed by atoms with Crippen LogP contribution in [-0.4, -0.2) is 33.4 Å². The van der Waals surface area contributed by atoms with Crippen molar-refractivity contribution in [3.8, 4) is 5.75 Å². The second kappa shape index (κ2) is 4.64. The number of amides is 1. The van der Waals surface area contributed by atoms with Crippen LogP contribution in [0.5, 0.6) is 5.75 Å². The number of phenols is 1. The van der Waals surface area contributed by atoms with Crippen molar-refractivity contribution in [3.05, 3.63) is 33.9 Å². The molecule has 0 bridgehead atoms. The molecule has 18 heavy (non-hydrogen) atoms. The molecule has 0 radical (unpaired) electrons. The number of hydrogen-bond acceptors (Lipinski definition) is 4. The van der Waals surface area contributed by atoms with Crippen molar-refractivity contribution < 1.29 is 14.8 Å². The zero-order chi connectivity index (χ0) is 13.3. The van der Waals surface area contributed by atoms with E-state index < -0.39 is 16.4 Å². The lowest BCUT2D eigenvalue weighted by molar-refractivity contribution is -0.385. The number of para-hydroxylation sites is 1. The Morgan fingerprint density at radius 1 is 1.56 bits per heavy atom. The SMILES string of the molecule is C[C@H]1CCCN1C(=O)c1cccc([N+](=O)[O-])c1O. The summed E-state index contributed by atoms with van der Waals surface area (Å²) in [5.74, 6) is -0.896. The summed E-state index contributed by atoms with van der Waals surface area (Å²) in [5.41, 5.74) is -0.439. The number of nitro benzene ring substituents is 1. The van der Waals surface area contributed by atoms with Crippen molar-refractivity contribution in [1.29, 1.82) is 0 Å². The number of phenolic OH excluding ortho intramolecular Hbond substituents is 1. The van der Waals surface area contributed by atoms with Crippen molar-refractivity contribution >= 4 is 11.6 Å². The quantitative estimate of drug-likeness (QED) is 0.642. The van der Waals surface area contributed by atoms with E-state index in [9.17, 15) is 20.0 Å². The molecular weight excluding hydrogens is 236 g/mol. The lowest BCUT2D eigenvalue weighted by Crippen LogP contribution is -2.33. The third kappa shape index (κ3) is 2.01. The highest BCUT2D eigenvalue weighted by Crippen LogP contribution is 2.31. The summed E-state index contributed by atoms with van der Waals surface area (Å²) in [6.45, 7) is 2.56. The topological polar surface area (TPSA) is 83.7 Å². The maximum absolute atomic E-state index is 12.2. The van der Waals surface area contributed by atoms with Gasteiger partial charge in [-0.3, -0.25) is 14.9 Å². The first-order valence-corrected chi connectivity index (χ1v) is 5.79. The van der Waals surface area contributed by atoms with E-state index in [0.717, 1.165) is 12.8 Å². The van der Waals surface area contributed by atoms with Crippen LogP contribution >= 0.6 is 0 Å². The van der Waals surface area contributed by atoms with Gasteiger partial charge in [0.1, 0.15) is 0 Å². The van der Waals surface area contributed by atoms with Crippen molar-refractivity contribution in [3.63, 3.8) is 0 Å². The number of carbonyl (C=O) groups is 1. The summed E-state index contributed by atoms with van der Waals surface area (Å²) >= 11 is 0. The van der Waals surface area contributed by atoms with Gasteiger partial charge in [-0.15, -0.1) is 0 Å². The number of carbonyl (C=O) groups excluding carboxylic acids is 1. The number of benzene rings is 1. The standard InChI is InChI=1S/C12H14N2O4/c1-8-4-3-7-13(8)12(16)9-5-2-6-10(11(9)15)14(17)18/h2,5-6,8,15H,3-4,7H2,1H3/t8-/m0/s1. The number of hydrogen-bond donors (Lipinski definition) is 1. The van der Waals surface area contributed by atoms with E-state index in [0.29, 0.717) is 6.54 Å². The molecule has 1 atom stereocenters. The summed E-state index contributed by atoms with van der Waals surface area (Å²) in [6.07, 6.45) is 1.84. The second-order valence-corrected chi connectivity index (χ2v) is 4.42. The normalized spacial score (nSPS) is 18.9. The molecule has 0 spiro atoms. The molecular formula is C12H14N2O4. The van der Waals surface area contributed by atoms with Gasteiger partial charge in [-0.1, -0.05) is 6.07 Å². The Hall–Kier alpha value is -2.11. The number of aromatic hydroxyl groups is 1. The number of nitro groups is 1. The van der Waals surface area contributed by atoms with E-state index in [4.69, 9.17) is 0 Å². The third-order valence-electron chi connectivity index (χ3n) is 3.26. The predicted octanol–water partition coefficient (Wildman–Crippen LogP) is 1.92. The van der Waals surface area contributed by atoms with Crippen molar-refractivity contribution in [2.45, 2.75) is 25.8 Å². The molecule has 1 heterocycles. The Bertz CT molecular complexity index is 501. The molecule has 0 aliphatic carbocycles. The van der Waals surface area contributed by atoms with Gasteiger partial charge in [0.2, 0.25) is 5.75 Å². The van der Waals surface area contributed by atoms with E-state index in [1.165, 1.54) is 18.2 Å². The van der Waals surface area contributed by atoms with Gasteiger partial charge >= 0.3 is 5.69 Å². The number of rotatable bonds is 2. The van der Waals surface area contributed by atoms with Gasteiger partial charge in [-0.2, -0.15) is 0 Å². The largest absolute Gasteiger partial charge is 0.502 e. The highest BCUT2D eigenvalue weighted by molar-refractivity contribution is 5.98. The van der Waals surface area contributed by atoms with Crippen LogP contribution in [0.25, 0.3) is 0 Å². The zero-order valence-electron chi connectivity index (χ0n) is 10.00. The van der Waals surface area contributed by atoms with Crippen molar-refractivity contribution in [2.75, 3.05) is 6.54 Å². The van der Waals surface area contributed by atoms with E-state index in [1.54, 1.807) is 4.90 Å². The van der Waals surface area contributed by atoms with Crippen LogP contribution in [0.2, 0.25) is 0 Å². The summed E-state index contributed by atoms with van der Waals surface area (Å²) in [7, 11) is 0. The maximum atomic E-state index is 12.2. The van der Waals surface area contributed by atoms with Gasteiger partial charge in [0.15, 0.2) is 0 Å². The Balaban J connectivity index is 2.36. The highest BCUT2D eigenvalue weighted by Gasteiger charge is 2.29. The van der Waals surface area contributed by atoms with E-state index in [-0.39, 0.29) is 17.5 Å². The maximum Gasteiger partial charge on any atom is 0.311 e. The molecule has 0 unspecified atom stereocenters. The number of nitrogens with zero attached hydrogens (tertiary/aromatic N) is 2. The molecule has 1 aliphatic heterocycles. The Morgan fingerprint density at radius 3 is 2.83 bits per heavy atom. The van der Waals surface area contributed by atoms with Crippen LogP contribution in [0.4, 0.5) is 5.69 Å². The molecule has 6 heteroatoms. The minimum Gasteiger partial charge on any atom is -0.502 e. The molecule has 1 aliphatic rings. The van der Waals surface area contributed by atoms with Gasteiger partial charge in [-0.25, -0.2) is 0 Å². The van der Waals surface area contributed by atoms with Crippen molar-refractivity contribution in [2.24, 2.45) is 0 Å². The van der Waals surface area contributed by atoms with Crippen molar-refractivity contribution in [1.82, 2.24) is 4.90 Å². The smallest absolute Gasteiger partial charge is 0.311 e. The molecule has 6 nitrogen and oxygen atoms in total. The Morgan fingerprint density at radius 2 is 2.28 bits per heavy atom. The Kier molecular flexibility index (Phi) is 3.18. The van der Waals surface area contributed by atoms with Crippen LogP contribution in [-0.2, 0) is 0 Å². The molecule has 1 fully saturated rings. The zero-order valence-corrected chi connectivity index (χ0v) is 10.00. The molecule has 1 N–H and O–H groups in total. The van der Waals surface area contributed by atoms with Gasteiger partial charge < -0.3 is 10.0 Å². The van der Waals surface area contributed by atoms with Gasteiger partial charge in [-0.05, 0) is 25.8 Å². The van der Waals surface area contributed by atoms with Crippen LogP contribution in [0.3, 0.4) is 0 Å². The monoisotopic (exact) mass is 250 g/mol. The van der Waals surface area contributed by atoms with Crippen LogP contribution in [0, 0.1) is 10.1 Å². The fraction of sp³-hybridized carbons (Fsp3) is 0.417. The first-order valence-electron chi connectivity index (χ1n) is 5.79. The molecule has 1 amide bonds. The molecule has 0 aromatic heterocycles. The average molecular weight is 250 g/mol. The first kappa shape index (κ1) is 12.3. The summed E-state index contributed by atoms with van der Waals surface area (Å²) in [5, 5.41) is 20.5. The lowest BCUT2D eigenvalue weighted by atomic mass is 10.1. The first-order chi connectivity index (χ1) is 8.52. The fourth-order valence-corrected chi connectivity index (χ4v) is 2.24. The minimum absolute atomic E-state index is 0.00190. The predicted molar refractivity (Wildman–Crippen MR) is 64.5 cm³/mol. The molecule has 96 valence electrons. The van der Waals surface area contributed by atoms with E-state index >= 15 is 0 Å².